The zero-order chi connectivity index (χ0) is 18.8. The molecule has 1 aromatic rings. The molecule has 1 unspecified atom stereocenters. The average molecular weight is 358 g/mol. The maximum absolute atomic E-state index is 12.8. The Bertz CT molecular complexity index is 540. The predicted octanol–water partition coefficient (Wildman–Crippen LogP) is 5.03. The molecule has 0 aromatic heterocycles. The van der Waals surface area contributed by atoms with Crippen molar-refractivity contribution in [3.8, 4) is 0 Å². The molecule has 1 amide bonds. The molecule has 0 radical (unpaired) electrons. The number of hydrogen-bond acceptors (Lipinski definition) is 2. The summed E-state index contributed by atoms with van der Waals surface area (Å²) >= 11 is 0. The second kappa shape index (κ2) is 11.2. The lowest BCUT2D eigenvalue weighted by Crippen LogP contribution is -2.41. The molecule has 1 aromatic carbocycles. The summed E-state index contributed by atoms with van der Waals surface area (Å²) in [6, 6.07) is 10.5. The smallest absolute Gasteiger partial charge is 0.226 e. The van der Waals surface area contributed by atoms with Crippen LogP contribution in [0, 0.1) is 11.8 Å². The van der Waals surface area contributed by atoms with E-state index < -0.39 is 0 Å². The van der Waals surface area contributed by atoms with E-state index in [0.717, 1.165) is 44.9 Å². The number of nitrogens with zero attached hydrogens (tertiary/aromatic N) is 1. The van der Waals surface area contributed by atoms with Gasteiger partial charge in [-0.2, -0.15) is 0 Å². The summed E-state index contributed by atoms with van der Waals surface area (Å²) < 4.78 is 0. The zero-order valence-corrected chi connectivity index (χ0v) is 16.5. The van der Waals surface area contributed by atoms with Crippen molar-refractivity contribution < 1.29 is 9.59 Å². The highest BCUT2D eigenvalue weighted by Crippen LogP contribution is 2.26. The molecule has 0 saturated carbocycles. The van der Waals surface area contributed by atoms with Gasteiger partial charge in [-0.1, -0.05) is 69.9 Å². The maximum atomic E-state index is 12.8. The monoisotopic (exact) mass is 357 g/mol. The molecule has 2 atom stereocenters. The van der Waals surface area contributed by atoms with Crippen LogP contribution in [-0.2, 0) is 16.0 Å². The summed E-state index contributed by atoms with van der Waals surface area (Å²) in [5.41, 5.74) is 1.42. The number of likely N-dealkylation sites (tertiary alicyclic amines) is 1. The van der Waals surface area contributed by atoms with Crippen molar-refractivity contribution in [1.82, 2.24) is 4.90 Å². The van der Waals surface area contributed by atoms with Crippen LogP contribution in [0.2, 0.25) is 0 Å². The minimum atomic E-state index is -0.179. The van der Waals surface area contributed by atoms with Gasteiger partial charge in [0.25, 0.3) is 0 Å². The van der Waals surface area contributed by atoms with E-state index in [1.54, 1.807) is 0 Å². The van der Waals surface area contributed by atoms with Crippen LogP contribution in [0.4, 0.5) is 0 Å². The highest BCUT2D eigenvalue weighted by molar-refractivity contribution is 5.82. The van der Waals surface area contributed by atoms with Gasteiger partial charge >= 0.3 is 0 Å². The van der Waals surface area contributed by atoms with Crippen LogP contribution in [0.1, 0.15) is 70.8 Å². The summed E-state index contributed by atoms with van der Waals surface area (Å²) in [6.07, 6.45) is 10.9. The fourth-order valence-electron chi connectivity index (χ4n) is 4.03. The first-order valence-corrected chi connectivity index (χ1v) is 10.4. The Kier molecular flexibility index (Phi) is 8.87. The van der Waals surface area contributed by atoms with Gasteiger partial charge in [0.1, 0.15) is 6.29 Å². The van der Waals surface area contributed by atoms with Gasteiger partial charge in [-0.3, -0.25) is 4.79 Å². The Hall–Kier alpha value is -1.64. The van der Waals surface area contributed by atoms with Crippen molar-refractivity contribution in [1.29, 1.82) is 0 Å². The molecule has 1 saturated heterocycles. The van der Waals surface area contributed by atoms with E-state index in [2.05, 4.69) is 44.2 Å². The largest absolute Gasteiger partial charge is 0.333 e. The van der Waals surface area contributed by atoms with Crippen LogP contribution in [0.25, 0.3) is 0 Å². The summed E-state index contributed by atoms with van der Waals surface area (Å²) in [7, 11) is 0. The summed E-state index contributed by atoms with van der Waals surface area (Å²) in [5, 5.41) is 0. The van der Waals surface area contributed by atoms with E-state index in [-0.39, 0.29) is 17.9 Å². The third-order valence-corrected chi connectivity index (χ3v) is 5.68. The first-order valence-electron chi connectivity index (χ1n) is 10.4. The zero-order valence-electron chi connectivity index (χ0n) is 16.5. The first-order chi connectivity index (χ1) is 12.6. The van der Waals surface area contributed by atoms with Gasteiger partial charge in [-0.15, -0.1) is 0 Å². The van der Waals surface area contributed by atoms with E-state index >= 15 is 0 Å². The Morgan fingerprint density at radius 3 is 2.50 bits per heavy atom. The van der Waals surface area contributed by atoms with Crippen molar-refractivity contribution in [3.05, 3.63) is 35.9 Å². The van der Waals surface area contributed by atoms with Gasteiger partial charge in [0.05, 0.1) is 6.04 Å². The molecule has 3 nitrogen and oxygen atoms in total. The number of carbonyl (C=O) groups is 2. The number of aldehydes is 1. The summed E-state index contributed by atoms with van der Waals surface area (Å²) in [4.78, 5) is 25.9. The average Bonchev–Trinajstić information content (AvgIpc) is 3.13. The number of unbranched alkanes of at least 4 members (excludes halogenated alkanes) is 4. The highest BCUT2D eigenvalue weighted by Gasteiger charge is 2.33. The van der Waals surface area contributed by atoms with E-state index in [1.165, 1.54) is 31.2 Å². The molecule has 1 heterocycles. The molecular weight excluding hydrogens is 322 g/mol. The third-order valence-electron chi connectivity index (χ3n) is 5.68. The lowest BCUT2D eigenvalue weighted by molar-refractivity contribution is -0.140. The third kappa shape index (κ3) is 6.26. The van der Waals surface area contributed by atoms with Crippen molar-refractivity contribution in [2.45, 2.75) is 77.7 Å². The van der Waals surface area contributed by atoms with Crippen molar-refractivity contribution in [2.75, 3.05) is 6.54 Å². The number of hydrogen-bond donors (Lipinski definition) is 0. The van der Waals surface area contributed by atoms with Crippen LogP contribution in [-0.4, -0.2) is 29.7 Å². The number of aryl methyl sites for hydroxylation is 1. The highest BCUT2D eigenvalue weighted by atomic mass is 16.2. The molecule has 1 aliphatic rings. The summed E-state index contributed by atoms with van der Waals surface area (Å²) in [6.45, 7) is 5.02. The SMILES string of the molecule is CC(C)C(CCCCCCCc1ccccc1)C(=O)N1CCC[C@H]1C=O. The number of benzene rings is 1. The molecule has 144 valence electrons. The lowest BCUT2D eigenvalue weighted by atomic mass is 9.88. The Balaban J connectivity index is 1.65. The molecule has 0 bridgehead atoms. The van der Waals surface area contributed by atoms with Crippen LogP contribution < -0.4 is 0 Å². The van der Waals surface area contributed by atoms with E-state index in [1.807, 2.05) is 4.90 Å². The van der Waals surface area contributed by atoms with Crippen LogP contribution in [0.15, 0.2) is 30.3 Å². The number of rotatable bonds is 11. The quantitative estimate of drug-likeness (QED) is 0.411. The molecule has 3 heteroatoms. The minimum absolute atomic E-state index is 0.0693. The molecule has 0 aliphatic carbocycles. The molecule has 2 rings (SSSR count). The lowest BCUT2D eigenvalue weighted by Gasteiger charge is -2.28. The normalized spacial score (nSPS) is 18.3. The van der Waals surface area contributed by atoms with Gasteiger partial charge in [-0.25, -0.2) is 0 Å². The van der Waals surface area contributed by atoms with Crippen molar-refractivity contribution in [2.24, 2.45) is 11.8 Å². The van der Waals surface area contributed by atoms with Crippen LogP contribution in [0.3, 0.4) is 0 Å². The molecule has 26 heavy (non-hydrogen) atoms. The Morgan fingerprint density at radius 2 is 1.81 bits per heavy atom. The van der Waals surface area contributed by atoms with Crippen molar-refractivity contribution >= 4 is 12.2 Å². The van der Waals surface area contributed by atoms with Gasteiger partial charge < -0.3 is 9.69 Å². The topological polar surface area (TPSA) is 37.4 Å². The molecular formula is C23H35NO2. The number of carbonyl (C=O) groups excluding carboxylic acids is 2. The van der Waals surface area contributed by atoms with Crippen LogP contribution >= 0.6 is 0 Å². The number of amides is 1. The Morgan fingerprint density at radius 1 is 1.12 bits per heavy atom. The van der Waals surface area contributed by atoms with Crippen molar-refractivity contribution in [3.63, 3.8) is 0 Å². The molecule has 0 N–H and O–H groups in total. The first kappa shape index (κ1) is 20.7. The van der Waals surface area contributed by atoms with Gasteiger partial charge in [0, 0.05) is 12.5 Å². The van der Waals surface area contributed by atoms with Crippen LogP contribution in [0.5, 0.6) is 0 Å². The fourth-order valence-corrected chi connectivity index (χ4v) is 4.03. The Labute approximate surface area is 159 Å². The maximum Gasteiger partial charge on any atom is 0.226 e. The molecule has 1 fully saturated rings. The molecule has 1 aliphatic heterocycles. The predicted molar refractivity (Wildman–Crippen MR) is 107 cm³/mol. The fraction of sp³-hybridized carbons (Fsp3) is 0.652. The van der Waals surface area contributed by atoms with E-state index in [0.29, 0.717) is 5.92 Å². The minimum Gasteiger partial charge on any atom is -0.333 e. The van der Waals surface area contributed by atoms with Gasteiger partial charge in [0.2, 0.25) is 5.91 Å². The van der Waals surface area contributed by atoms with Gasteiger partial charge in [-0.05, 0) is 43.6 Å². The van der Waals surface area contributed by atoms with E-state index in [9.17, 15) is 9.59 Å². The molecule has 0 spiro atoms. The van der Waals surface area contributed by atoms with Gasteiger partial charge in [0.15, 0.2) is 0 Å². The van der Waals surface area contributed by atoms with E-state index in [4.69, 9.17) is 0 Å². The standard InChI is InChI=1S/C23H35NO2/c1-19(2)22(23(26)24-17-11-15-21(24)18-25)16-10-5-3-4-7-12-20-13-8-6-9-14-20/h6,8-9,13-14,18-19,21-22H,3-5,7,10-12,15-17H2,1-2H3/t21-,22?/m0/s1. The summed E-state index contributed by atoms with van der Waals surface area (Å²) in [5.74, 6) is 0.618. The second-order valence-corrected chi connectivity index (χ2v) is 8.02. The second-order valence-electron chi connectivity index (χ2n) is 8.02.